The van der Waals surface area contributed by atoms with Crippen LogP contribution in [0, 0.1) is 0 Å². The first kappa shape index (κ1) is 16.9. The highest BCUT2D eigenvalue weighted by Crippen LogP contribution is 2.33. The van der Waals surface area contributed by atoms with Gasteiger partial charge < -0.3 is 14.5 Å². The van der Waals surface area contributed by atoms with Gasteiger partial charge in [-0.05, 0) is 19.6 Å². The number of nitrogens with zero attached hydrogens (tertiary/aromatic N) is 3. The van der Waals surface area contributed by atoms with Crippen LogP contribution < -0.4 is 4.90 Å². The van der Waals surface area contributed by atoms with Gasteiger partial charge in [0.05, 0.1) is 11.7 Å². The van der Waals surface area contributed by atoms with Gasteiger partial charge in [0.25, 0.3) is 0 Å². The van der Waals surface area contributed by atoms with E-state index < -0.39 is 6.23 Å². The number of rotatable bonds is 7. The molecule has 1 fully saturated rings. The third-order valence-electron chi connectivity index (χ3n) is 3.89. The molecule has 0 aromatic carbocycles. The van der Waals surface area contributed by atoms with E-state index >= 15 is 0 Å². The van der Waals surface area contributed by atoms with E-state index in [0.29, 0.717) is 12.4 Å². The first-order valence-corrected chi connectivity index (χ1v) is 8.72. The van der Waals surface area contributed by atoms with Gasteiger partial charge >= 0.3 is 6.03 Å². The van der Waals surface area contributed by atoms with Gasteiger partial charge in [0.15, 0.2) is 6.23 Å². The number of hydrogen-bond donors (Lipinski definition) is 1. The number of aliphatic hydroxyl groups is 1. The lowest BCUT2D eigenvalue weighted by Crippen LogP contribution is -2.37. The second-order valence-electron chi connectivity index (χ2n) is 5.33. The fourth-order valence-electron chi connectivity index (χ4n) is 2.61. The Morgan fingerprint density at radius 3 is 2.95 bits per heavy atom. The molecule has 1 aromatic heterocycles. The molecule has 3 unspecified atom stereocenters. The van der Waals surface area contributed by atoms with Crippen molar-refractivity contribution in [2.24, 2.45) is 0 Å². The molecule has 0 saturated carbocycles. The van der Waals surface area contributed by atoms with Gasteiger partial charge in [-0.15, -0.1) is 6.58 Å². The fraction of sp³-hybridized carbons (Fsp3) is 0.600. The van der Waals surface area contributed by atoms with Crippen molar-refractivity contribution in [2.75, 3.05) is 17.7 Å². The maximum atomic E-state index is 12.6. The van der Waals surface area contributed by atoms with Crippen LogP contribution in [0.2, 0.25) is 0 Å². The summed E-state index contributed by atoms with van der Waals surface area (Å²) in [6.45, 7) is 8.12. The number of anilines is 1. The standard InChI is InChI=1S/C15H23N3O3S/c1-5-7-12-14(19)18(15(20)17(12)8-6-2)13-9-11(16-21-13)10(3)22-4/h6,9-10,12,14,19H,2,5,7-8H2,1,3-4H3. The van der Waals surface area contributed by atoms with Crippen molar-refractivity contribution < 1.29 is 14.4 Å². The van der Waals surface area contributed by atoms with Gasteiger partial charge in [-0.25, -0.2) is 9.69 Å². The van der Waals surface area contributed by atoms with Crippen molar-refractivity contribution in [3.63, 3.8) is 0 Å². The monoisotopic (exact) mass is 325 g/mol. The van der Waals surface area contributed by atoms with Crippen molar-refractivity contribution in [2.45, 2.75) is 44.2 Å². The fourth-order valence-corrected chi connectivity index (χ4v) is 2.96. The SMILES string of the molecule is C=CCN1C(=O)N(c2cc(C(C)SC)no2)C(O)C1CCC. The second-order valence-corrected chi connectivity index (χ2v) is 6.51. The number of thioether (sulfide) groups is 1. The zero-order valence-corrected chi connectivity index (χ0v) is 14.0. The highest BCUT2D eigenvalue weighted by atomic mass is 32.2. The van der Waals surface area contributed by atoms with Crippen LogP contribution in [0.4, 0.5) is 10.7 Å². The van der Waals surface area contributed by atoms with Crippen LogP contribution in [0.15, 0.2) is 23.2 Å². The normalized spacial score (nSPS) is 23.2. The average Bonchev–Trinajstić information content (AvgIpc) is 3.06. The Labute approximate surface area is 135 Å². The van der Waals surface area contributed by atoms with Gasteiger partial charge in [-0.3, -0.25) is 0 Å². The molecular formula is C15H23N3O3S. The Kier molecular flexibility index (Phi) is 5.52. The molecule has 1 aromatic rings. The maximum Gasteiger partial charge on any atom is 0.329 e. The third kappa shape index (κ3) is 3.01. The highest BCUT2D eigenvalue weighted by molar-refractivity contribution is 7.98. The molecule has 3 atom stereocenters. The number of carbonyl (C=O) groups excluding carboxylic acids is 1. The second kappa shape index (κ2) is 7.19. The van der Waals surface area contributed by atoms with E-state index in [1.807, 2.05) is 20.1 Å². The Hall–Kier alpha value is -1.47. The minimum absolute atomic E-state index is 0.170. The van der Waals surface area contributed by atoms with Crippen molar-refractivity contribution in [3.8, 4) is 0 Å². The molecular weight excluding hydrogens is 302 g/mol. The van der Waals surface area contributed by atoms with Crippen molar-refractivity contribution in [1.29, 1.82) is 0 Å². The number of aliphatic hydroxyl groups excluding tert-OH is 1. The van der Waals surface area contributed by atoms with E-state index in [4.69, 9.17) is 4.52 Å². The molecule has 0 aliphatic carbocycles. The summed E-state index contributed by atoms with van der Waals surface area (Å²) >= 11 is 1.64. The van der Waals surface area contributed by atoms with E-state index in [9.17, 15) is 9.90 Å². The molecule has 0 radical (unpaired) electrons. The summed E-state index contributed by atoms with van der Waals surface area (Å²) in [5.74, 6) is 0.293. The highest BCUT2D eigenvalue weighted by Gasteiger charge is 2.46. The summed E-state index contributed by atoms with van der Waals surface area (Å²) in [6.07, 6.45) is 4.31. The van der Waals surface area contributed by atoms with E-state index in [0.717, 1.165) is 18.5 Å². The Bertz CT molecular complexity index is 534. The molecule has 2 heterocycles. The molecule has 1 aliphatic heterocycles. The Morgan fingerprint density at radius 1 is 1.64 bits per heavy atom. The number of aromatic nitrogens is 1. The minimum atomic E-state index is -0.933. The lowest BCUT2D eigenvalue weighted by molar-refractivity contribution is 0.115. The van der Waals surface area contributed by atoms with Crippen molar-refractivity contribution in [1.82, 2.24) is 10.1 Å². The van der Waals surface area contributed by atoms with Crippen LogP contribution >= 0.6 is 11.8 Å². The molecule has 0 bridgehead atoms. The largest absolute Gasteiger partial charge is 0.371 e. The topological polar surface area (TPSA) is 69.8 Å². The smallest absolute Gasteiger partial charge is 0.329 e. The number of hydrogen-bond acceptors (Lipinski definition) is 5. The lowest BCUT2D eigenvalue weighted by atomic mass is 10.1. The summed E-state index contributed by atoms with van der Waals surface area (Å²) in [5.41, 5.74) is 0.761. The summed E-state index contributed by atoms with van der Waals surface area (Å²) < 4.78 is 5.29. The molecule has 1 aliphatic rings. The molecule has 22 heavy (non-hydrogen) atoms. The zero-order chi connectivity index (χ0) is 16.3. The van der Waals surface area contributed by atoms with E-state index in [2.05, 4.69) is 11.7 Å². The summed E-state index contributed by atoms with van der Waals surface area (Å²) in [6, 6.07) is 1.19. The Balaban J connectivity index is 2.28. The molecule has 7 heteroatoms. The first-order chi connectivity index (χ1) is 10.5. The predicted molar refractivity (Wildman–Crippen MR) is 87.9 cm³/mol. The third-order valence-corrected chi connectivity index (χ3v) is 4.84. The Morgan fingerprint density at radius 2 is 2.36 bits per heavy atom. The molecule has 1 saturated heterocycles. The van der Waals surface area contributed by atoms with Gasteiger partial charge in [0, 0.05) is 17.9 Å². The maximum absolute atomic E-state index is 12.6. The minimum Gasteiger partial charge on any atom is -0.371 e. The van der Waals surface area contributed by atoms with Crippen LogP contribution in [0.5, 0.6) is 0 Å². The van der Waals surface area contributed by atoms with Crippen molar-refractivity contribution >= 4 is 23.7 Å². The van der Waals surface area contributed by atoms with Gasteiger partial charge in [-0.1, -0.05) is 24.6 Å². The summed E-state index contributed by atoms with van der Waals surface area (Å²) in [5, 5.41) is 14.7. The van der Waals surface area contributed by atoms with Crippen LogP contribution in [0.25, 0.3) is 0 Å². The zero-order valence-electron chi connectivity index (χ0n) is 13.2. The van der Waals surface area contributed by atoms with Gasteiger partial charge in [0.2, 0.25) is 5.88 Å². The molecule has 2 amide bonds. The van der Waals surface area contributed by atoms with Crippen LogP contribution in [0.1, 0.15) is 37.6 Å². The van der Waals surface area contributed by atoms with Crippen LogP contribution in [0.3, 0.4) is 0 Å². The van der Waals surface area contributed by atoms with E-state index in [1.165, 1.54) is 4.90 Å². The quantitative estimate of drug-likeness (QED) is 0.780. The van der Waals surface area contributed by atoms with Crippen LogP contribution in [-0.4, -0.2) is 46.3 Å². The van der Waals surface area contributed by atoms with Gasteiger partial charge in [-0.2, -0.15) is 11.8 Å². The van der Waals surface area contributed by atoms with Gasteiger partial charge in [0.1, 0.15) is 0 Å². The van der Waals surface area contributed by atoms with Crippen molar-refractivity contribution in [3.05, 3.63) is 24.4 Å². The molecule has 6 nitrogen and oxygen atoms in total. The molecule has 0 spiro atoms. The molecule has 122 valence electrons. The number of carbonyl (C=O) groups is 1. The molecule has 1 N–H and O–H groups in total. The van der Waals surface area contributed by atoms with E-state index in [1.54, 1.807) is 28.8 Å². The number of urea groups is 1. The summed E-state index contributed by atoms with van der Waals surface area (Å²) in [7, 11) is 0. The average molecular weight is 325 g/mol. The van der Waals surface area contributed by atoms with E-state index in [-0.39, 0.29) is 17.3 Å². The van der Waals surface area contributed by atoms with Crippen LogP contribution in [-0.2, 0) is 0 Å². The predicted octanol–water partition coefficient (Wildman–Crippen LogP) is 3.01. The number of amides is 2. The lowest BCUT2D eigenvalue weighted by Gasteiger charge is -2.22. The first-order valence-electron chi connectivity index (χ1n) is 7.43. The molecule has 2 rings (SSSR count). The summed E-state index contributed by atoms with van der Waals surface area (Å²) in [4.78, 5) is 15.5.